The molecule has 94 valence electrons. The molecule has 0 heterocycles. The standard InChI is InChI=1S/C8H9NO.C2HF3O2/c1-7(9-10)8-5-3-2-4-6-8;3-2(4,5)1(6)7/h2-6,10H,1H3;(H,6,7). The summed E-state index contributed by atoms with van der Waals surface area (Å²) in [4.78, 5) is 8.90. The van der Waals surface area contributed by atoms with Gasteiger partial charge in [-0.3, -0.25) is 0 Å². The normalized spacial score (nSPS) is 11.4. The van der Waals surface area contributed by atoms with Crippen LogP contribution in [0.3, 0.4) is 0 Å². The van der Waals surface area contributed by atoms with E-state index in [4.69, 9.17) is 15.1 Å². The molecule has 0 aliphatic heterocycles. The number of oxime groups is 1. The molecule has 0 saturated carbocycles. The molecule has 0 radical (unpaired) electrons. The molecule has 7 heteroatoms. The van der Waals surface area contributed by atoms with Crippen LogP contribution in [0, 0.1) is 0 Å². The van der Waals surface area contributed by atoms with Crippen molar-refractivity contribution in [2.75, 3.05) is 0 Å². The fraction of sp³-hybridized carbons (Fsp3) is 0.200. The first-order chi connectivity index (χ1) is 7.79. The minimum absolute atomic E-state index is 0.639. The Hall–Kier alpha value is -2.05. The molecule has 1 aromatic carbocycles. The van der Waals surface area contributed by atoms with Crippen LogP contribution >= 0.6 is 0 Å². The third kappa shape index (κ3) is 6.18. The van der Waals surface area contributed by atoms with Crippen molar-refractivity contribution < 1.29 is 28.3 Å². The Morgan fingerprint density at radius 3 is 1.94 bits per heavy atom. The number of halogens is 3. The Morgan fingerprint density at radius 2 is 1.65 bits per heavy atom. The van der Waals surface area contributed by atoms with E-state index in [1.165, 1.54) is 0 Å². The van der Waals surface area contributed by atoms with Crippen molar-refractivity contribution in [1.82, 2.24) is 0 Å². The van der Waals surface area contributed by atoms with Crippen LogP contribution in [0.4, 0.5) is 13.2 Å². The minimum Gasteiger partial charge on any atom is -0.475 e. The summed E-state index contributed by atoms with van der Waals surface area (Å²) in [5.74, 6) is -2.76. The summed E-state index contributed by atoms with van der Waals surface area (Å²) in [5, 5.41) is 18.6. The third-order valence-electron chi connectivity index (χ3n) is 1.58. The molecule has 2 N–H and O–H groups in total. The van der Waals surface area contributed by atoms with Gasteiger partial charge in [-0.15, -0.1) is 0 Å². The van der Waals surface area contributed by atoms with Crippen molar-refractivity contribution in [2.45, 2.75) is 13.1 Å². The molecule has 0 aliphatic rings. The van der Waals surface area contributed by atoms with Crippen molar-refractivity contribution in [3.8, 4) is 0 Å². The Labute approximate surface area is 95.0 Å². The number of carbonyl (C=O) groups is 1. The second-order valence-corrected chi connectivity index (χ2v) is 2.85. The number of hydrogen-bond donors (Lipinski definition) is 2. The summed E-state index contributed by atoms with van der Waals surface area (Å²) in [6.45, 7) is 1.76. The molecule has 0 amide bonds. The van der Waals surface area contributed by atoms with Crippen molar-refractivity contribution in [3.63, 3.8) is 0 Å². The van der Waals surface area contributed by atoms with Crippen LogP contribution in [0.5, 0.6) is 0 Å². The highest BCUT2D eigenvalue weighted by molar-refractivity contribution is 5.98. The second-order valence-electron chi connectivity index (χ2n) is 2.85. The van der Waals surface area contributed by atoms with Crippen LogP contribution in [0.1, 0.15) is 12.5 Å². The molecule has 0 spiro atoms. The number of aliphatic carboxylic acids is 1. The first kappa shape index (κ1) is 14.9. The van der Waals surface area contributed by atoms with Crippen molar-refractivity contribution in [3.05, 3.63) is 35.9 Å². The van der Waals surface area contributed by atoms with E-state index in [0.29, 0.717) is 5.71 Å². The fourth-order valence-corrected chi connectivity index (χ4v) is 0.737. The molecule has 4 nitrogen and oxygen atoms in total. The summed E-state index contributed by atoms with van der Waals surface area (Å²) < 4.78 is 31.7. The second kappa shape index (κ2) is 6.51. The lowest BCUT2D eigenvalue weighted by Gasteiger charge is -1.94. The Bertz CT molecular complexity index is 388. The van der Waals surface area contributed by atoms with E-state index < -0.39 is 12.1 Å². The quantitative estimate of drug-likeness (QED) is 0.456. The molecule has 0 bridgehead atoms. The van der Waals surface area contributed by atoms with Crippen molar-refractivity contribution in [2.24, 2.45) is 5.16 Å². The van der Waals surface area contributed by atoms with Crippen LogP contribution in [-0.4, -0.2) is 28.2 Å². The maximum atomic E-state index is 10.6. The van der Waals surface area contributed by atoms with Crippen molar-refractivity contribution >= 4 is 11.7 Å². The monoisotopic (exact) mass is 249 g/mol. The predicted octanol–water partition coefficient (Wildman–Crippen LogP) is 2.52. The summed E-state index contributed by atoms with van der Waals surface area (Å²) in [6.07, 6.45) is -5.08. The van der Waals surface area contributed by atoms with Crippen LogP contribution in [-0.2, 0) is 4.79 Å². The van der Waals surface area contributed by atoms with E-state index in [9.17, 15) is 13.2 Å². The van der Waals surface area contributed by atoms with Gasteiger partial charge < -0.3 is 10.3 Å². The van der Waals surface area contributed by atoms with Gasteiger partial charge in [-0.25, -0.2) is 4.79 Å². The topological polar surface area (TPSA) is 69.9 Å². The van der Waals surface area contributed by atoms with E-state index in [2.05, 4.69) is 5.16 Å². The predicted molar refractivity (Wildman–Crippen MR) is 54.1 cm³/mol. The molecule has 17 heavy (non-hydrogen) atoms. The van der Waals surface area contributed by atoms with E-state index >= 15 is 0 Å². The van der Waals surface area contributed by atoms with Gasteiger partial charge in [-0.1, -0.05) is 35.5 Å². The van der Waals surface area contributed by atoms with Gasteiger partial charge in [0.25, 0.3) is 0 Å². The molecule has 0 atom stereocenters. The van der Waals surface area contributed by atoms with Crippen molar-refractivity contribution in [1.29, 1.82) is 0 Å². The molecule has 1 aromatic rings. The Morgan fingerprint density at radius 1 is 1.24 bits per heavy atom. The number of carboxylic acids is 1. The first-order valence-corrected chi connectivity index (χ1v) is 4.33. The lowest BCUT2D eigenvalue weighted by molar-refractivity contribution is -0.192. The van der Waals surface area contributed by atoms with E-state index in [1.807, 2.05) is 30.3 Å². The van der Waals surface area contributed by atoms with Crippen LogP contribution in [0.15, 0.2) is 35.5 Å². The Kier molecular flexibility index (Phi) is 5.73. The molecule has 0 unspecified atom stereocenters. The van der Waals surface area contributed by atoms with Gasteiger partial charge in [0, 0.05) is 0 Å². The van der Waals surface area contributed by atoms with Crippen LogP contribution in [0.2, 0.25) is 0 Å². The van der Waals surface area contributed by atoms with Gasteiger partial charge in [0.1, 0.15) is 0 Å². The maximum Gasteiger partial charge on any atom is 0.490 e. The molecule has 0 fully saturated rings. The average Bonchev–Trinajstić information content (AvgIpc) is 2.28. The van der Waals surface area contributed by atoms with Gasteiger partial charge in [0.15, 0.2) is 0 Å². The van der Waals surface area contributed by atoms with Gasteiger partial charge in [0.2, 0.25) is 0 Å². The molecule has 1 rings (SSSR count). The lowest BCUT2D eigenvalue weighted by Crippen LogP contribution is -2.21. The average molecular weight is 249 g/mol. The van der Waals surface area contributed by atoms with Gasteiger partial charge in [-0.05, 0) is 12.5 Å². The van der Waals surface area contributed by atoms with Gasteiger partial charge >= 0.3 is 12.1 Å². The van der Waals surface area contributed by atoms with Crippen LogP contribution < -0.4 is 0 Å². The van der Waals surface area contributed by atoms with E-state index in [-0.39, 0.29) is 0 Å². The summed E-state index contributed by atoms with van der Waals surface area (Å²) >= 11 is 0. The molecular weight excluding hydrogens is 239 g/mol. The zero-order valence-electron chi connectivity index (χ0n) is 8.77. The smallest absolute Gasteiger partial charge is 0.475 e. The molecule has 0 saturated heterocycles. The summed E-state index contributed by atoms with van der Waals surface area (Å²) in [5.41, 5.74) is 1.59. The zero-order valence-corrected chi connectivity index (χ0v) is 8.77. The zero-order chi connectivity index (χ0) is 13.5. The molecular formula is C10H10F3NO3. The van der Waals surface area contributed by atoms with Crippen LogP contribution in [0.25, 0.3) is 0 Å². The highest BCUT2D eigenvalue weighted by Crippen LogP contribution is 2.13. The lowest BCUT2D eigenvalue weighted by atomic mass is 10.1. The Balaban J connectivity index is 0.000000325. The number of hydrogen-bond acceptors (Lipinski definition) is 3. The number of alkyl halides is 3. The molecule has 0 aliphatic carbocycles. The van der Waals surface area contributed by atoms with Gasteiger partial charge in [-0.2, -0.15) is 13.2 Å². The summed E-state index contributed by atoms with van der Waals surface area (Å²) in [6, 6.07) is 9.53. The first-order valence-electron chi connectivity index (χ1n) is 4.33. The van der Waals surface area contributed by atoms with E-state index in [1.54, 1.807) is 6.92 Å². The van der Waals surface area contributed by atoms with Gasteiger partial charge in [0.05, 0.1) is 5.71 Å². The molecule has 0 aromatic heterocycles. The van der Waals surface area contributed by atoms with E-state index in [0.717, 1.165) is 5.56 Å². The number of rotatable bonds is 1. The number of nitrogens with zero attached hydrogens (tertiary/aromatic N) is 1. The third-order valence-corrected chi connectivity index (χ3v) is 1.58. The number of carboxylic acid groups (broad SMARTS) is 1. The number of benzene rings is 1. The highest BCUT2D eigenvalue weighted by atomic mass is 19.4. The fourth-order valence-electron chi connectivity index (χ4n) is 0.737. The SMILES string of the molecule is CC(=NO)c1ccccc1.O=C(O)C(F)(F)F. The summed E-state index contributed by atoms with van der Waals surface area (Å²) in [7, 11) is 0. The maximum absolute atomic E-state index is 10.6. The minimum atomic E-state index is -5.08. The largest absolute Gasteiger partial charge is 0.490 e. The highest BCUT2D eigenvalue weighted by Gasteiger charge is 2.38.